The van der Waals surface area contributed by atoms with Crippen molar-refractivity contribution in [2.45, 2.75) is 52.6 Å². The van der Waals surface area contributed by atoms with Crippen LogP contribution in [0, 0.1) is 12.8 Å². The number of rotatable bonds is 6. The molecule has 1 fully saturated rings. The van der Waals surface area contributed by atoms with Gasteiger partial charge in [-0.15, -0.1) is 0 Å². The van der Waals surface area contributed by atoms with Crippen LogP contribution >= 0.6 is 0 Å². The summed E-state index contributed by atoms with van der Waals surface area (Å²) in [5.41, 5.74) is 3.01. The second-order valence-electron chi connectivity index (χ2n) is 7.11. The molecule has 2 aliphatic rings. The first-order valence-electron chi connectivity index (χ1n) is 9.55. The van der Waals surface area contributed by atoms with Gasteiger partial charge >= 0.3 is 0 Å². The van der Waals surface area contributed by atoms with E-state index in [0.717, 1.165) is 42.8 Å². The summed E-state index contributed by atoms with van der Waals surface area (Å²) < 4.78 is 13.2. The Balaban J connectivity index is 1.63. The number of oxazole rings is 1. The SMILES string of the molecule is CCOCCn1nc(-c2ncc(C)o2)c2c1CCN(C(=O)C1CCC1)C2. The highest BCUT2D eigenvalue weighted by Crippen LogP contribution is 2.33. The molecule has 1 aliphatic heterocycles. The highest BCUT2D eigenvalue weighted by atomic mass is 16.5. The van der Waals surface area contributed by atoms with Crippen molar-refractivity contribution < 1.29 is 13.9 Å². The lowest BCUT2D eigenvalue weighted by Crippen LogP contribution is -2.42. The van der Waals surface area contributed by atoms with Crippen LogP contribution in [0.2, 0.25) is 0 Å². The van der Waals surface area contributed by atoms with Crippen molar-refractivity contribution >= 4 is 5.91 Å². The van der Waals surface area contributed by atoms with Crippen molar-refractivity contribution in [3.63, 3.8) is 0 Å². The van der Waals surface area contributed by atoms with E-state index in [1.807, 2.05) is 23.4 Å². The molecule has 4 rings (SSSR count). The maximum atomic E-state index is 12.7. The van der Waals surface area contributed by atoms with Gasteiger partial charge in [-0.3, -0.25) is 9.48 Å². The van der Waals surface area contributed by atoms with Crippen LogP contribution in [0.1, 0.15) is 43.2 Å². The summed E-state index contributed by atoms with van der Waals surface area (Å²) in [5, 5.41) is 4.76. The number of hydrogen-bond donors (Lipinski definition) is 0. The summed E-state index contributed by atoms with van der Waals surface area (Å²) in [5.74, 6) is 1.80. The van der Waals surface area contributed by atoms with Gasteiger partial charge in [0.1, 0.15) is 5.76 Å². The molecule has 7 heteroatoms. The van der Waals surface area contributed by atoms with Crippen LogP contribution in [0.15, 0.2) is 10.6 Å². The summed E-state index contributed by atoms with van der Waals surface area (Å²) in [6.07, 6.45) is 5.75. The molecule has 7 nitrogen and oxygen atoms in total. The molecular weight excluding hydrogens is 332 g/mol. The van der Waals surface area contributed by atoms with E-state index in [0.29, 0.717) is 38.1 Å². The molecule has 0 bridgehead atoms. The Hall–Kier alpha value is -2.15. The number of ether oxygens (including phenoxy) is 1. The van der Waals surface area contributed by atoms with Crippen LogP contribution in [-0.4, -0.2) is 45.3 Å². The topological polar surface area (TPSA) is 73.4 Å². The standard InChI is InChI=1S/C19H26N4O3/c1-3-25-10-9-23-16-7-8-22(19(24)14-5-4-6-14)12-15(16)17(21-23)18-20-11-13(2)26-18/h11,14H,3-10,12H2,1-2H3. The maximum absolute atomic E-state index is 12.7. The minimum Gasteiger partial charge on any atom is -0.440 e. The fourth-order valence-electron chi connectivity index (χ4n) is 3.71. The lowest BCUT2D eigenvalue weighted by atomic mass is 9.84. The van der Waals surface area contributed by atoms with Crippen LogP contribution < -0.4 is 0 Å². The zero-order valence-corrected chi connectivity index (χ0v) is 15.5. The molecule has 1 aliphatic carbocycles. The Morgan fingerprint density at radius 2 is 2.27 bits per heavy atom. The first-order chi connectivity index (χ1) is 12.7. The zero-order valence-electron chi connectivity index (χ0n) is 15.5. The van der Waals surface area contributed by atoms with Crippen molar-refractivity contribution in [2.24, 2.45) is 5.92 Å². The predicted octanol–water partition coefficient (Wildman–Crippen LogP) is 2.57. The Kier molecular flexibility index (Phi) is 4.80. The minimum absolute atomic E-state index is 0.219. The zero-order chi connectivity index (χ0) is 18.1. The molecule has 0 atom stereocenters. The highest BCUT2D eigenvalue weighted by Gasteiger charge is 2.34. The van der Waals surface area contributed by atoms with Crippen molar-refractivity contribution in [1.29, 1.82) is 0 Å². The fraction of sp³-hybridized carbons (Fsp3) is 0.632. The number of aryl methyl sites for hydroxylation is 1. The highest BCUT2D eigenvalue weighted by molar-refractivity contribution is 5.80. The molecule has 2 aromatic rings. The summed E-state index contributed by atoms with van der Waals surface area (Å²) in [6.45, 7) is 7.23. The van der Waals surface area contributed by atoms with Crippen molar-refractivity contribution in [3.05, 3.63) is 23.2 Å². The molecule has 2 aromatic heterocycles. The lowest BCUT2D eigenvalue weighted by Gasteiger charge is -2.34. The molecule has 0 unspecified atom stereocenters. The molecule has 0 N–H and O–H groups in total. The van der Waals surface area contributed by atoms with Crippen molar-refractivity contribution in [3.8, 4) is 11.6 Å². The number of carbonyl (C=O) groups is 1. The van der Waals surface area contributed by atoms with Gasteiger partial charge in [-0.1, -0.05) is 6.42 Å². The fourth-order valence-corrected chi connectivity index (χ4v) is 3.71. The summed E-state index contributed by atoms with van der Waals surface area (Å²) in [4.78, 5) is 19.0. The van der Waals surface area contributed by atoms with Gasteiger partial charge in [0, 0.05) is 43.3 Å². The molecule has 0 radical (unpaired) electrons. The lowest BCUT2D eigenvalue weighted by molar-refractivity contribution is -0.139. The normalized spacial score (nSPS) is 17.2. The second kappa shape index (κ2) is 7.23. The van der Waals surface area contributed by atoms with Crippen LogP contribution in [0.4, 0.5) is 0 Å². The monoisotopic (exact) mass is 358 g/mol. The largest absolute Gasteiger partial charge is 0.440 e. The first kappa shape index (κ1) is 17.3. The number of fused-ring (bicyclic) bond motifs is 1. The van der Waals surface area contributed by atoms with E-state index in [9.17, 15) is 4.79 Å². The number of carbonyl (C=O) groups excluding carboxylic acids is 1. The van der Waals surface area contributed by atoms with Crippen LogP contribution in [0.5, 0.6) is 0 Å². The van der Waals surface area contributed by atoms with E-state index >= 15 is 0 Å². The van der Waals surface area contributed by atoms with Gasteiger partial charge in [0.2, 0.25) is 11.8 Å². The third kappa shape index (κ3) is 3.16. The molecule has 140 valence electrons. The number of amides is 1. The second-order valence-corrected chi connectivity index (χ2v) is 7.11. The average Bonchev–Trinajstić information content (AvgIpc) is 3.17. The molecule has 26 heavy (non-hydrogen) atoms. The molecule has 3 heterocycles. The summed E-state index contributed by atoms with van der Waals surface area (Å²) in [7, 11) is 0. The Morgan fingerprint density at radius 3 is 2.92 bits per heavy atom. The number of hydrogen-bond acceptors (Lipinski definition) is 5. The third-order valence-electron chi connectivity index (χ3n) is 5.38. The van der Waals surface area contributed by atoms with Gasteiger partial charge in [0.15, 0.2) is 5.69 Å². The molecule has 0 spiro atoms. The van der Waals surface area contributed by atoms with Gasteiger partial charge in [-0.05, 0) is 26.7 Å². The van der Waals surface area contributed by atoms with Crippen LogP contribution in [0.25, 0.3) is 11.6 Å². The van der Waals surface area contributed by atoms with E-state index in [1.165, 1.54) is 12.1 Å². The molecule has 0 saturated heterocycles. The number of aromatic nitrogens is 3. The molecule has 1 saturated carbocycles. The molecule has 0 aromatic carbocycles. The average molecular weight is 358 g/mol. The first-order valence-corrected chi connectivity index (χ1v) is 9.55. The van der Waals surface area contributed by atoms with E-state index < -0.39 is 0 Å². The Bertz CT molecular complexity index is 791. The van der Waals surface area contributed by atoms with Crippen LogP contribution in [-0.2, 0) is 29.0 Å². The maximum Gasteiger partial charge on any atom is 0.247 e. The van der Waals surface area contributed by atoms with E-state index in [1.54, 1.807) is 6.20 Å². The van der Waals surface area contributed by atoms with Gasteiger partial charge in [0.25, 0.3) is 0 Å². The Labute approximate surface area is 153 Å². The summed E-state index contributed by atoms with van der Waals surface area (Å²) >= 11 is 0. The van der Waals surface area contributed by atoms with Gasteiger partial charge in [-0.25, -0.2) is 4.98 Å². The third-order valence-corrected chi connectivity index (χ3v) is 5.38. The van der Waals surface area contributed by atoms with Gasteiger partial charge in [0.05, 0.1) is 19.3 Å². The smallest absolute Gasteiger partial charge is 0.247 e. The van der Waals surface area contributed by atoms with Crippen LogP contribution in [0.3, 0.4) is 0 Å². The van der Waals surface area contributed by atoms with E-state index in [2.05, 4.69) is 4.98 Å². The summed E-state index contributed by atoms with van der Waals surface area (Å²) in [6, 6.07) is 0. The van der Waals surface area contributed by atoms with Crippen molar-refractivity contribution in [1.82, 2.24) is 19.7 Å². The molecular formula is C19H26N4O3. The van der Waals surface area contributed by atoms with Crippen molar-refractivity contribution in [2.75, 3.05) is 19.8 Å². The molecule has 1 amide bonds. The van der Waals surface area contributed by atoms with Gasteiger partial charge in [-0.2, -0.15) is 5.10 Å². The predicted molar refractivity (Wildman–Crippen MR) is 95.4 cm³/mol. The minimum atomic E-state index is 0.219. The quantitative estimate of drug-likeness (QED) is 0.742. The Morgan fingerprint density at radius 1 is 1.42 bits per heavy atom. The van der Waals surface area contributed by atoms with E-state index in [4.69, 9.17) is 14.3 Å². The van der Waals surface area contributed by atoms with E-state index in [-0.39, 0.29) is 5.92 Å². The van der Waals surface area contributed by atoms with Gasteiger partial charge < -0.3 is 14.1 Å². The number of nitrogens with zero attached hydrogens (tertiary/aromatic N) is 4.